The average molecular weight is 253 g/mol. The first kappa shape index (κ1) is 17.2. The molecule has 1 unspecified atom stereocenters. The summed E-state index contributed by atoms with van der Waals surface area (Å²) in [6.45, 7) is 18.6. The van der Waals surface area contributed by atoms with E-state index in [1.807, 2.05) is 13.0 Å². The maximum Gasteiger partial charge on any atom is 0.223 e. The third-order valence-corrected chi connectivity index (χ3v) is 3.18. The van der Waals surface area contributed by atoms with E-state index in [1.54, 1.807) is 0 Å². The molecule has 0 aliphatic carbocycles. The van der Waals surface area contributed by atoms with Crippen LogP contribution in [0.25, 0.3) is 0 Å². The van der Waals surface area contributed by atoms with Crippen LogP contribution in [0.4, 0.5) is 0 Å². The van der Waals surface area contributed by atoms with Crippen molar-refractivity contribution in [2.45, 2.75) is 66.8 Å². The number of allylic oxidation sites excluding steroid dienone is 1. The summed E-state index contributed by atoms with van der Waals surface area (Å²) in [7, 11) is 0. The van der Waals surface area contributed by atoms with E-state index in [1.165, 1.54) is 0 Å². The van der Waals surface area contributed by atoms with Gasteiger partial charge in [0.05, 0.1) is 0 Å². The number of carbonyl (C=O) groups is 1. The van der Waals surface area contributed by atoms with Crippen LogP contribution in [0.5, 0.6) is 0 Å². The van der Waals surface area contributed by atoms with Crippen LogP contribution in [-0.2, 0) is 4.79 Å². The molecule has 0 heterocycles. The van der Waals surface area contributed by atoms with Gasteiger partial charge in [-0.3, -0.25) is 4.79 Å². The van der Waals surface area contributed by atoms with Gasteiger partial charge in [-0.2, -0.15) is 0 Å². The zero-order valence-corrected chi connectivity index (χ0v) is 13.3. The molecule has 0 saturated carbocycles. The van der Waals surface area contributed by atoms with E-state index in [0.717, 1.165) is 12.8 Å². The highest BCUT2D eigenvalue weighted by molar-refractivity contribution is 5.79. The molecule has 18 heavy (non-hydrogen) atoms. The minimum absolute atomic E-state index is 0.0397. The molecule has 1 N–H and O–H groups in total. The fraction of sp³-hybridized carbons (Fsp3) is 0.812. The molecule has 0 aromatic rings. The second-order valence-electron chi connectivity index (χ2n) is 7.27. The fourth-order valence-corrected chi connectivity index (χ4v) is 2.53. The van der Waals surface area contributed by atoms with Crippen molar-refractivity contribution < 1.29 is 4.79 Å². The van der Waals surface area contributed by atoms with Crippen molar-refractivity contribution in [3.63, 3.8) is 0 Å². The molecule has 0 spiro atoms. The number of rotatable bonds is 7. The van der Waals surface area contributed by atoms with Gasteiger partial charge in [-0.05, 0) is 38.0 Å². The van der Waals surface area contributed by atoms with E-state index < -0.39 is 0 Å². The van der Waals surface area contributed by atoms with Gasteiger partial charge in [0.1, 0.15) is 0 Å². The summed E-state index contributed by atoms with van der Waals surface area (Å²) in [4.78, 5) is 12.1. The van der Waals surface area contributed by atoms with Crippen molar-refractivity contribution in [1.29, 1.82) is 0 Å². The Hall–Kier alpha value is -0.790. The van der Waals surface area contributed by atoms with Gasteiger partial charge in [-0.15, -0.1) is 6.58 Å². The van der Waals surface area contributed by atoms with Crippen molar-refractivity contribution in [2.24, 2.45) is 17.3 Å². The third kappa shape index (κ3) is 6.83. The average Bonchev–Trinajstić information content (AvgIpc) is 2.14. The first-order valence-electron chi connectivity index (χ1n) is 6.95. The van der Waals surface area contributed by atoms with Crippen LogP contribution in [0.2, 0.25) is 0 Å². The lowest BCUT2D eigenvalue weighted by Crippen LogP contribution is -2.48. The van der Waals surface area contributed by atoms with E-state index in [-0.39, 0.29) is 22.8 Å². The topological polar surface area (TPSA) is 29.1 Å². The SMILES string of the molecule is C=CC(C)(C)CC(C)(C)NC(=O)C(C)CC(C)C. The Morgan fingerprint density at radius 3 is 2.11 bits per heavy atom. The molecule has 0 aliphatic heterocycles. The van der Waals surface area contributed by atoms with Gasteiger partial charge in [0.2, 0.25) is 5.91 Å². The minimum atomic E-state index is -0.194. The van der Waals surface area contributed by atoms with Crippen molar-refractivity contribution in [3.8, 4) is 0 Å². The van der Waals surface area contributed by atoms with Crippen LogP contribution in [0.15, 0.2) is 12.7 Å². The predicted octanol–water partition coefficient (Wildman–Crippen LogP) is 4.17. The number of carbonyl (C=O) groups excluding carboxylic acids is 1. The Bertz CT molecular complexity index is 289. The van der Waals surface area contributed by atoms with Gasteiger partial charge in [-0.1, -0.05) is 40.7 Å². The van der Waals surface area contributed by atoms with Gasteiger partial charge in [-0.25, -0.2) is 0 Å². The minimum Gasteiger partial charge on any atom is -0.351 e. The molecule has 0 aliphatic rings. The summed E-state index contributed by atoms with van der Waals surface area (Å²) < 4.78 is 0. The predicted molar refractivity (Wildman–Crippen MR) is 79.4 cm³/mol. The lowest BCUT2D eigenvalue weighted by atomic mass is 9.80. The molecule has 0 aromatic heterocycles. The van der Waals surface area contributed by atoms with E-state index >= 15 is 0 Å². The van der Waals surface area contributed by atoms with Gasteiger partial charge >= 0.3 is 0 Å². The highest BCUT2D eigenvalue weighted by Gasteiger charge is 2.29. The monoisotopic (exact) mass is 253 g/mol. The number of hydrogen-bond acceptors (Lipinski definition) is 1. The van der Waals surface area contributed by atoms with E-state index in [0.29, 0.717) is 5.92 Å². The molecule has 0 aromatic carbocycles. The molecule has 0 fully saturated rings. The summed E-state index contributed by atoms with van der Waals surface area (Å²) in [5.74, 6) is 0.795. The van der Waals surface area contributed by atoms with Gasteiger partial charge in [0.15, 0.2) is 0 Å². The first-order valence-corrected chi connectivity index (χ1v) is 6.95. The Morgan fingerprint density at radius 2 is 1.72 bits per heavy atom. The largest absolute Gasteiger partial charge is 0.351 e. The van der Waals surface area contributed by atoms with Crippen LogP contribution < -0.4 is 5.32 Å². The van der Waals surface area contributed by atoms with Crippen molar-refractivity contribution in [3.05, 3.63) is 12.7 Å². The molecule has 2 nitrogen and oxygen atoms in total. The molecule has 106 valence electrons. The van der Waals surface area contributed by atoms with Gasteiger partial charge < -0.3 is 5.32 Å². The smallest absolute Gasteiger partial charge is 0.223 e. The van der Waals surface area contributed by atoms with Gasteiger partial charge in [0, 0.05) is 11.5 Å². The maximum atomic E-state index is 12.1. The molecule has 0 bridgehead atoms. The highest BCUT2D eigenvalue weighted by Crippen LogP contribution is 2.29. The summed E-state index contributed by atoms with van der Waals surface area (Å²) in [6.07, 6.45) is 3.79. The lowest BCUT2D eigenvalue weighted by molar-refractivity contribution is -0.126. The molecule has 0 radical (unpaired) electrons. The molecule has 0 rings (SSSR count). The molecule has 1 amide bonds. The van der Waals surface area contributed by atoms with Crippen molar-refractivity contribution >= 4 is 5.91 Å². The summed E-state index contributed by atoms with van der Waals surface area (Å²) in [6, 6.07) is 0. The van der Waals surface area contributed by atoms with E-state index in [9.17, 15) is 4.79 Å². The van der Waals surface area contributed by atoms with Crippen LogP contribution in [0.1, 0.15) is 61.3 Å². The number of amides is 1. The highest BCUT2D eigenvalue weighted by atomic mass is 16.2. The van der Waals surface area contributed by atoms with Crippen LogP contribution in [0.3, 0.4) is 0 Å². The van der Waals surface area contributed by atoms with Crippen LogP contribution >= 0.6 is 0 Å². The molecule has 0 saturated heterocycles. The molecule has 2 heteroatoms. The second kappa shape index (κ2) is 6.40. The Balaban J connectivity index is 4.48. The fourth-order valence-electron chi connectivity index (χ4n) is 2.53. The summed E-state index contributed by atoms with van der Waals surface area (Å²) >= 11 is 0. The summed E-state index contributed by atoms with van der Waals surface area (Å²) in [5.41, 5.74) is -0.155. The lowest BCUT2D eigenvalue weighted by Gasteiger charge is -2.34. The van der Waals surface area contributed by atoms with Crippen molar-refractivity contribution in [2.75, 3.05) is 0 Å². The zero-order chi connectivity index (χ0) is 14.6. The summed E-state index contributed by atoms with van der Waals surface area (Å²) in [5, 5.41) is 3.17. The second-order valence-corrected chi connectivity index (χ2v) is 7.27. The normalized spacial score (nSPS) is 14.4. The third-order valence-electron chi connectivity index (χ3n) is 3.18. The quantitative estimate of drug-likeness (QED) is 0.678. The first-order chi connectivity index (χ1) is 7.99. The van der Waals surface area contributed by atoms with Crippen molar-refractivity contribution in [1.82, 2.24) is 5.32 Å². The Labute approximate surface area is 113 Å². The van der Waals surface area contributed by atoms with Crippen LogP contribution in [0, 0.1) is 17.3 Å². The zero-order valence-electron chi connectivity index (χ0n) is 13.3. The van der Waals surface area contributed by atoms with Crippen LogP contribution in [-0.4, -0.2) is 11.4 Å². The Morgan fingerprint density at radius 1 is 1.22 bits per heavy atom. The van der Waals surface area contributed by atoms with E-state index in [2.05, 4.69) is 53.4 Å². The standard InChI is InChI=1S/C16H31NO/c1-9-15(5,6)11-16(7,8)17-14(18)13(4)10-12(2)3/h9,12-13H,1,10-11H2,2-8H3,(H,17,18). The Kier molecular flexibility index (Phi) is 6.12. The van der Waals surface area contributed by atoms with E-state index in [4.69, 9.17) is 0 Å². The number of hydrogen-bond donors (Lipinski definition) is 1. The molecule has 1 atom stereocenters. The molecular weight excluding hydrogens is 222 g/mol. The molecular formula is C16H31NO. The van der Waals surface area contributed by atoms with Gasteiger partial charge in [0.25, 0.3) is 0 Å². The number of nitrogens with one attached hydrogen (secondary N) is 1. The maximum absolute atomic E-state index is 12.1.